The van der Waals surface area contributed by atoms with Crippen LogP contribution < -0.4 is 10.6 Å². The van der Waals surface area contributed by atoms with Crippen molar-refractivity contribution in [2.45, 2.75) is 50.8 Å². The van der Waals surface area contributed by atoms with Gasteiger partial charge in [-0.1, -0.05) is 42.8 Å². The number of Topliss-reactive ketones (excluding diaryl/α,β-unsaturated/α-hetero) is 1. The molecule has 222 valence electrons. The molecular formula is C33H35N5O5. The molecule has 2 aliphatic heterocycles. The number of rotatable bonds is 10. The highest BCUT2D eigenvalue weighted by Crippen LogP contribution is 2.43. The van der Waals surface area contributed by atoms with Gasteiger partial charge in [-0.25, -0.2) is 0 Å². The molecule has 0 unspecified atom stereocenters. The fourth-order valence-corrected chi connectivity index (χ4v) is 7.00. The number of aromatic nitrogens is 1. The Kier molecular flexibility index (Phi) is 8.25. The molecule has 0 radical (unpaired) electrons. The Labute approximate surface area is 249 Å². The molecule has 3 fully saturated rings. The number of nitrogens with zero attached hydrogens (tertiary/aromatic N) is 2. The van der Waals surface area contributed by atoms with E-state index in [4.69, 9.17) is 4.74 Å². The first kappa shape index (κ1) is 28.6. The summed E-state index contributed by atoms with van der Waals surface area (Å²) in [5.41, 5.74) is 2.39. The molecule has 1 aliphatic carbocycles. The van der Waals surface area contributed by atoms with Gasteiger partial charge in [0, 0.05) is 29.9 Å². The normalized spacial score (nSPS) is 23.5. The molecule has 10 nitrogen and oxygen atoms in total. The van der Waals surface area contributed by atoms with Crippen LogP contribution in [0.15, 0.2) is 54.6 Å². The summed E-state index contributed by atoms with van der Waals surface area (Å²) in [5, 5.41) is 15.9. The number of nitrogens with one attached hydrogen (secondary N) is 3. The van der Waals surface area contributed by atoms with Crippen molar-refractivity contribution in [3.05, 3.63) is 71.4 Å². The minimum atomic E-state index is -0.916. The maximum atomic E-state index is 14.0. The molecule has 5 atom stereocenters. The van der Waals surface area contributed by atoms with Gasteiger partial charge in [-0.05, 0) is 61.3 Å². The lowest BCUT2D eigenvalue weighted by Gasteiger charge is -2.29. The van der Waals surface area contributed by atoms with Gasteiger partial charge in [-0.3, -0.25) is 19.2 Å². The van der Waals surface area contributed by atoms with Crippen LogP contribution in [-0.4, -0.2) is 65.2 Å². The van der Waals surface area contributed by atoms with E-state index in [0.29, 0.717) is 41.7 Å². The molecular weight excluding hydrogens is 546 g/mol. The molecule has 3 aliphatic rings. The van der Waals surface area contributed by atoms with Crippen LogP contribution in [0.5, 0.6) is 0 Å². The minimum Gasteiger partial charge on any atom is -0.369 e. The number of hydrogen-bond donors (Lipinski definition) is 3. The predicted octanol–water partition coefficient (Wildman–Crippen LogP) is 3.08. The number of ether oxygens (including phenoxy) is 1. The molecule has 43 heavy (non-hydrogen) atoms. The molecule has 6 rings (SSSR count). The van der Waals surface area contributed by atoms with Crippen molar-refractivity contribution in [2.24, 2.45) is 17.8 Å². The number of carbonyl (C=O) groups is 4. The summed E-state index contributed by atoms with van der Waals surface area (Å²) >= 11 is 0. The molecule has 0 spiro atoms. The summed E-state index contributed by atoms with van der Waals surface area (Å²) < 4.78 is 5.70. The van der Waals surface area contributed by atoms with E-state index in [0.717, 1.165) is 24.8 Å². The van der Waals surface area contributed by atoms with Crippen LogP contribution in [0.2, 0.25) is 0 Å². The quantitative estimate of drug-likeness (QED) is 0.336. The lowest BCUT2D eigenvalue weighted by molar-refractivity contribution is -0.134. The van der Waals surface area contributed by atoms with E-state index in [-0.39, 0.29) is 60.9 Å². The zero-order valence-electron chi connectivity index (χ0n) is 23.9. The van der Waals surface area contributed by atoms with Gasteiger partial charge in [0.05, 0.1) is 24.3 Å². The number of ketones is 1. The maximum Gasteiger partial charge on any atom is 0.271 e. The zero-order valence-corrected chi connectivity index (χ0v) is 23.9. The van der Waals surface area contributed by atoms with Gasteiger partial charge in [-0.2, -0.15) is 5.26 Å². The monoisotopic (exact) mass is 581 g/mol. The van der Waals surface area contributed by atoms with Crippen LogP contribution in [0, 0.1) is 29.1 Å². The molecule has 2 saturated heterocycles. The second-order valence-corrected chi connectivity index (χ2v) is 11.8. The van der Waals surface area contributed by atoms with Gasteiger partial charge >= 0.3 is 0 Å². The van der Waals surface area contributed by atoms with E-state index in [2.05, 4.69) is 21.7 Å². The summed E-state index contributed by atoms with van der Waals surface area (Å²) in [5.74, 6) is -1.31. The molecule has 3 heterocycles. The molecule has 3 N–H and O–H groups in total. The fourth-order valence-electron chi connectivity index (χ4n) is 7.00. The zero-order chi connectivity index (χ0) is 29.9. The number of benzene rings is 2. The number of H-pyrrole nitrogens is 1. The van der Waals surface area contributed by atoms with E-state index < -0.39 is 12.1 Å². The standard InChI is InChI=1S/C33H35N5O5/c34-16-22-8-5-11-26-25(22)15-28(36-26)33(42)38-17-23-9-4-10-24(23)30(38)32(41)37-27(14-21-12-13-35-31(21)40)29(39)19-43-18-20-6-2-1-3-7-20/h1-3,5-8,11,15,21,23-24,27,30,36H,4,9-10,12-14,17-19H2,(H,35,40)(H,37,41)/t21-,23-,24-,27-,30-/m0/s1. The van der Waals surface area contributed by atoms with E-state index in [1.54, 1.807) is 23.1 Å². The highest BCUT2D eigenvalue weighted by atomic mass is 16.5. The highest BCUT2D eigenvalue weighted by molar-refractivity contribution is 6.02. The molecule has 3 aromatic rings. The summed E-state index contributed by atoms with van der Waals surface area (Å²) in [6, 6.07) is 17.0. The average Bonchev–Trinajstić information content (AvgIpc) is 3.81. The third kappa shape index (κ3) is 5.90. The second-order valence-electron chi connectivity index (χ2n) is 11.8. The highest BCUT2D eigenvalue weighted by Gasteiger charge is 2.50. The Hall–Kier alpha value is -4.49. The van der Waals surface area contributed by atoms with E-state index >= 15 is 0 Å². The molecule has 0 bridgehead atoms. The van der Waals surface area contributed by atoms with E-state index in [9.17, 15) is 24.4 Å². The maximum absolute atomic E-state index is 14.0. The van der Waals surface area contributed by atoms with Gasteiger partial charge in [0.25, 0.3) is 5.91 Å². The number of carbonyl (C=O) groups excluding carboxylic acids is 4. The summed E-state index contributed by atoms with van der Waals surface area (Å²) in [4.78, 5) is 58.5. The Morgan fingerprint density at radius 1 is 1.09 bits per heavy atom. The van der Waals surface area contributed by atoms with Crippen LogP contribution in [0.3, 0.4) is 0 Å². The van der Waals surface area contributed by atoms with Crippen molar-refractivity contribution in [1.29, 1.82) is 5.26 Å². The first-order valence-corrected chi connectivity index (χ1v) is 15.0. The number of nitriles is 1. The van der Waals surface area contributed by atoms with Crippen molar-refractivity contribution < 1.29 is 23.9 Å². The molecule has 3 amide bonds. The molecule has 1 aromatic heterocycles. The van der Waals surface area contributed by atoms with Crippen molar-refractivity contribution in [2.75, 3.05) is 19.7 Å². The lowest BCUT2D eigenvalue weighted by atomic mass is 9.92. The Morgan fingerprint density at radius 3 is 2.70 bits per heavy atom. The number of likely N-dealkylation sites (tertiary alicyclic amines) is 1. The van der Waals surface area contributed by atoms with Crippen LogP contribution in [0.25, 0.3) is 10.9 Å². The predicted molar refractivity (Wildman–Crippen MR) is 157 cm³/mol. The van der Waals surface area contributed by atoms with Crippen molar-refractivity contribution in [3.8, 4) is 6.07 Å². The summed E-state index contributed by atoms with van der Waals surface area (Å²) in [6.45, 7) is 1.04. The third-order valence-corrected chi connectivity index (χ3v) is 9.18. The first-order chi connectivity index (χ1) is 20.9. The second kappa shape index (κ2) is 12.4. The van der Waals surface area contributed by atoms with Crippen molar-refractivity contribution in [1.82, 2.24) is 20.5 Å². The summed E-state index contributed by atoms with van der Waals surface area (Å²) in [7, 11) is 0. The van der Waals surface area contributed by atoms with Crippen LogP contribution in [0.4, 0.5) is 0 Å². The third-order valence-electron chi connectivity index (χ3n) is 9.18. The molecule has 2 aromatic carbocycles. The van der Waals surface area contributed by atoms with Crippen molar-refractivity contribution >= 4 is 34.4 Å². The smallest absolute Gasteiger partial charge is 0.271 e. The van der Waals surface area contributed by atoms with Gasteiger partial charge < -0.3 is 25.3 Å². The van der Waals surface area contributed by atoms with Gasteiger partial charge in [-0.15, -0.1) is 0 Å². The molecule has 10 heteroatoms. The largest absolute Gasteiger partial charge is 0.369 e. The van der Waals surface area contributed by atoms with E-state index in [1.807, 2.05) is 36.4 Å². The number of hydrogen-bond acceptors (Lipinski definition) is 6. The number of fused-ring (bicyclic) bond motifs is 2. The van der Waals surface area contributed by atoms with Crippen LogP contribution in [-0.2, 0) is 25.7 Å². The van der Waals surface area contributed by atoms with E-state index in [1.165, 1.54) is 0 Å². The van der Waals surface area contributed by atoms with Crippen LogP contribution >= 0.6 is 0 Å². The van der Waals surface area contributed by atoms with Crippen LogP contribution in [0.1, 0.15) is 53.7 Å². The number of aromatic amines is 1. The Bertz CT molecular complexity index is 1580. The van der Waals surface area contributed by atoms with Gasteiger partial charge in [0.15, 0.2) is 5.78 Å². The lowest BCUT2D eigenvalue weighted by Crippen LogP contribution is -2.53. The average molecular weight is 582 g/mol. The molecule has 1 saturated carbocycles. The van der Waals surface area contributed by atoms with Gasteiger partial charge in [0.1, 0.15) is 18.3 Å². The first-order valence-electron chi connectivity index (χ1n) is 15.0. The Balaban J connectivity index is 1.21. The SMILES string of the molecule is N#Cc1cccc2[nH]c(C(=O)N3C[C@@H]4CCC[C@@H]4[C@H]3C(=O)N[C@@H](C[C@@H]3CCNC3=O)C(=O)COCc3ccccc3)cc12. The van der Waals surface area contributed by atoms with Gasteiger partial charge in [0.2, 0.25) is 11.8 Å². The fraction of sp³-hybridized carbons (Fsp3) is 0.424. The number of amides is 3. The summed E-state index contributed by atoms with van der Waals surface area (Å²) in [6.07, 6.45) is 3.51. The Morgan fingerprint density at radius 2 is 1.93 bits per heavy atom. The minimum absolute atomic E-state index is 0.0112. The topological polar surface area (TPSA) is 144 Å². The van der Waals surface area contributed by atoms with Crippen molar-refractivity contribution in [3.63, 3.8) is 0 Å².